The molecule has 0 bridgehead atoms. The molecule has 26 heavy (non-hydrogen) atoms. The summed E-state index contributed by atoms with van der Waals surface area (Å²) in [6, 6.07) is 16.5. The lowest BCUT2D eigenvalue weighted by Crippen LogP contribution is -2.39. The van der Waals surface area contributed by atoms with Crippen molar-refractivity contribution in [1.82, 2.24) is 14.3 Å². The molecule has 0 radical (unpaired) electrons. The van der Waals surface area contributed by atoms with Gasteiger partial charge in [-0.3, -0.25) is 18.9 Å². The second-order valence-electron chi connectivity index (χ2n) is 6.56. The van der Waals surface area contributed by atoms with Crippen LogP contribution in [0.15, 0.2) is 65.6 Å². The standard InChI is InChI=1S/C20H20N4O2/c1-22(14-15-13-19(25)24-11-6-5-9-18(24)21-15)17-10-12-23(20(17)26)16-7-3-2-4-8-16/h2-9,11,13,17H,10,12,14H2,1H3/t17-/m0/s1. The molecule has 2 aromatic heterocycles. The van der Waals surface area contributed by atoms with Crippen molar-refractivity contribution >= 4 is 17.2 Å². The maximum absolute atomic E-state index is 12.8. The van der Waals surface area contributed by atoms with Gasteiger partial charge < -0.3 is 4.90 Å². The Morgan fingerprint density at radius 3 is 2.69 bits per heavy atom. The van der Waals surface area contributed by atoms with Gasteiger partial charge in [0.25, 0.3) is 5.56 Å². The number of hydrogen-bond donors (Lipinski definition) is 0. The number of carbonyl (C=O) groups excluding carboxylic acids is 1. The Balaban J connectivity index is 1.53. The van der Waals surface area contributed by atoms with Crippen LogP contribution in [-0.2, 0) is 11.3 Å². The van der Waals surface area contributed by atoms with Crippen molar-refractivity contribution in [3.63, 3.8) is 0 Å². The fraction of sp³-hybridized carbons (Fsp3) is 0.250. The molecule has 3 heterocycles. The molecular weight excluding hydrogens is 328 g/mol. The predicted octanol–water partition coefficient (Wildman–Crippen LogP) is 1.93. The number of fused-ring (bicyclic) bond motifs is 1. The molecular formula is C20H20N4O2. The minimum Gasteiger partial charge on any atom is -0.311 e. The molecule has 0 unspecified atom stereocenters. The Hall–Kier alpha value is -2.99. The number of amides is 1. The third-order valence-corrected chi connectivity index (χ3v) is 4.81. The first kappa shape index (κ1) is 16.5. The van der Waals surface area contributed by atoms with E-state index in [1.165, 1.54) is 10.5 Å². The molecule has 1 atom stereocenters. The monoisotopic (exact) mass is 348 g/mol. The van der Waals surface area contributed by atoms with E-state index in [9.17, 15) is 9.59 Å². The number of likely N-dealkylation sites (N-methyl/N-ethyl adjacent to an activating group) is 1. The van der Waals surface area contributed by atoms with E-state index in [1.54, 1.807) is 12.3 Å². The maximum atomic E-state index is 12.8. The topological polar surface area (TPSA) is 57.9 Å². The molecule has 0 aliphatic carbocycles. The van der Waals surface area contributed by atoms with Crippen LogP contribution in [-0.4, -0.2) is 39.8 Å². The van der Waals surface area contributed by atoms with Crippen molar-refractivity contribution in [3.8, 4) is 0 Å². The van der Waals surface area contributed by atoms with E-state index in [0.717, 1.165) is 12.1 Å². The van der Waals surface area contributed by atoms with Gasteiger partial charge in [0.15, 0.2) is 0 Å². The van der Waals surface area contributed by atoms with Crippen LogP contribution in [0, 0.1) is 0 Å². The average Bonchev–Trinajstić information content (AvgIpc) is 3.04. The summed E-state index contributed by atoms with van der Waals surface area (Å²) in [5.74, 6) is 0.0937. The van der Waals surface area contributed by atoms with Gasteiger partial charge >= 0.3 is 0 Å². The van der Waals surface area contributed by atoms with Gasteiger partial charge in [-0.1, -0.05) is 24.3 Å². The molecule has 1 amide bonds. The van der Waals surface area contributed by atoms with Gasteiger partial charge in [0.2, 0.25) is 5.91 Å². The fourth-order valence-electron chi connectivity index (χ4n) is 3.49. The van der Waals surface area contributed by atoms with Crippen LogP contribution in [0.5, 0.6) is 0 Å². The first-order valence-corrected chi connectivity index (χ1v) is 8.67. The zero-order valence-electron chi connectivity index (χ0n) is 14.6. The summed E-state index contributed by atoms with van der Waals surface area (Å²) in [7, 11) is 1.91. The zero-order valence-corrected chi connectivity index (χ0v) is 14.6. The molecule has 0 saturated carbocycles. The summed E-state index contributed by atoms with van der Waals surface area (Å²) < 4.78 is 1.52. The van der Waals surface area contributed by atoms with Crippen molar-refractivity contribution in [2.75, 3.05) is 18.5 Å². The Morgan fingerprint density at radius 1 is 1.12 bits per heavy atom. The van der Waals surface area contributed by atoms with Crippen LogP contribution >= 0.6 is 0 Å². The van der Waals surface area contributed by atoms with Crippen molar-refractivity contribution in [3.05, 3.63) is 76.8 Å². The van der Waals surface area contributed by atoms with Crippen molar-refractivity contribution in [2.45, 2.75) is 19.0 Å². The van der Waals surface area contributed by atoms with Crippen LogP contribution in [0.25, 0.3) is 5.65 Å². The number of benzene rings is 1. The average molecular weight is 348 g/mol. The van der Waals surface area contributed by atoms with Crippen molar-refractivity contribution in [1.29, 1.82) is 0 Å². The minimum atomic E-state index is -0.203. The normalized spacial score (nSPS) is 17.4. The quantitative estimate of drug-likeness (QED) is 0.723. The number of nitrogens with zero attached hydrogens (tertiary/aromatic N) is 4. The van der Waals surface area contributed by atoms with E-state index in [4.69, 9.17) is 0 Å². The zero-order chi connectivity index (χ0) is 18.1. The highest BCUT2D eigenvalue weighted by molar-refractivity contribution is 5.99. The van der Waals surface area contributed by atoms with Crippen LogP contribution in [0.2, 0.25) is 0 Å². The molecule has 1 saturated heterocycles. The minimum absolute atomic E-state index is 0.0937. The first-order valence-electron chi connectivity index (χ1n) is 8.67. The molecule has 0 N–H and O–H groups in total. The number of aromatic nitrogens is 2. The molecule has 4 rings (SSSR count). The summed E-state index contributed by atoms with van der Waals surface area (Å²) in [5, 5.41) is 0. The van der Waals surface area contributed by atoms with Gasteiger partial charge in [0.1, 0.15) is 5.65 Å². The highest BCUT2D eigenvalue weighted by Gasteiger charge is 2.35. The molecule has 132 valence electrons. The van der Waals surface area contributed by atoms with Crippen LogP contribution in [0.3, 0.4) is 0 Å². The Labute approximate surface area is 151 Å². The molecule has 1 aliphatic heterocycles. The van der Waals surface area contributed by atoms with Crippen molar-refractivity contribution < 1.29 is 4.79 Å². The van der Waals surface area contributed by atoms with Gasteiger partial charge in [-0.15, -0.1) is 0 Å². The molecule has 1 fully saturated rings. The van der Waals surface area contributed by atoms with E-state index in [0.29, 0.717) is 24.4 Å². The van der Waals surface area contributed by atoms with E-state index < -0.39 is 0 Å². The Bertz CT molecular complexity index is 999. The molecule has 0 spiro atoms. The SMILES string of the molecule is CN(Cc1cc(=O)n2ccccc2n1)[C@H]1CCN(c2ccccc2)C1=O. The summed E-state index contributed by atoms with van der Waals surface area (Å²) in [6.45, 7) is 1.16. The summed E-state index contributed by atoms with van der Waals surface area (Å²) >= 11 is 0. The van der Waals surface area contributed by atoms with Crippen LogP contribution < -0.4 is 10.5 Å². The van der Waals surface area contributed by atoms with Crippen LogP contribution in [0.1, 0.15) is 12.1 Å². The molecule has 6 nitrogen and oxygen atoms in total. The van der Waals surface area contributed by atoms with E-state index in [1.807, 2.05) is 59.3 Å². The highest BCUT2D eigenvalue weighted by Crippen LogP contribution is 2.24. The third kappa shape index (κ3) is 2.99. The second kappa shape index (κ2) is 6.72. The van der Waals surface area contributed by atoms with Gasteiger partial charge in [0, 0.05) is 31.0 Å². The predicted molar refractivity (Wildman–Crippen MR) is 100 cm³/mol. The number of anilines is 1. The Kier molecular flexibility index (Phi) is 4.26. The second-order valence-corrected chi connectivity index (χ2v) is 6.56. The number of rotatable bonds is 4. The summed E-state index contributed by atoms with van der Waals surface area (Å²) in [5.41, 5.74) is 2.11. The number of carbonyl (C=O) groups is 1. The van der Waals surface area contributed by atoms with Crippen LogP contribution in [0.4, 0.5) is 5.69 Å². The maximum Gasteiger partial charge on any atom is 0.258 e. The Morgan fingerprint density at radius 2 is 1.88 bits per heavy atom. The fourth-order valence-corrected chi connectivity index (χ4v) is 3.49. The molecule has 1 aromatic carbocycles. The number of hydrogen-bond acceptors (Lipinski definition) is 4. The molecule has 6 heteroatoms. The lowest BCUT2D eigenvalue weighted by atomic mass is 10.2. The summed E-state index contributed by atoms with van der Waals surface area (Å²) in [4.78, 5) is 33.4. The van der Waals surface area contributed by atoms with E-state index in [-0.39, 0.29) is 17.5 Å². The van der Waals surface area contributed by atoms with E-state index >= 15 is 0 Å². The molecule has 3 aromatic rings. The van der Waals surface area contributed by atoms with Gasteiger partial charge in [-0.05, 0) is 37.7 Å². The van der Waals surface area contributed by atoms with E-state index in [2.05, 4.69) is 4.98 Å². The third-order valence-electron chi connectivity index (χ3n) is 4.81. The van der Waals surface area contributed by atoms with Gasteiger partial charge in [-0.25, -0.2) is 4.98 Å². The smallest absolute Gasteiger partial charge is 0.258 e. The summed E-state index contributed by atoms with van der Waals surface area (Å²) in [6.07, 6.45) is 2.47. The lowest BCUT2D eigenvalue weighted by Gasteiger charge is -2.23. The van der Waals surface area contributed by atoms with Gasteiger partial charge in [-0.2, -0.15) is 0 Å². The van der Waals surface area contributed by atoms with Gasteiger partial charge in [0.05, 0.1) is 11.7 Å². The largest absolute Gasteiger partial charge is 0.311 e. The number of para-hydroxylation sites is 1. The highest BCUT2D eigenvalue weighted by atomic mass is 16.2. The molecule has 1 aliphatic rings. The first-order chi connectivity index (χ1) is 12.6. The number of pyridine rings is 1. The lowest BCUT2D eigenvalue weighted by molar-refractivity contribution is -0.121. The van der Waals surface area contributed by atoms with Crippen molar-refractivity contribution in [2.24, 2.45) is 0 Å².